The SMILES string of the molecule is C#CC(CCC)NC1CCCC(C)(C)C1. The first-order valence-corrected chi connectivity index (χ1v) is 6.29. The summed E-state index contributed by atoms with van der Waals surface area (Å²) in [5, 5.41) is 3.63. The van der Waals surface area contributed by atoms with E-state index in [-0.39, 0.29) is 6.04 Å². The summed E-state index contributed by atoms with van der Waals surface area (Å²) in [4.78, 5) is 0. The second kappa shape index (κ2) is 5.56. The molecule has 0 saturated heterocycles. The highest BCUT2D eigenvalue weighted by molar-refractivity contribution is 5.00. The van der Waals surface area contributed by atoms with Gasteiger partial charge in [0.2, 0.25) is 0 Å². The monoisotopic (exact) mass is 207 g/mol. The molecule has 2 atom stereocenters. The molecule has 1 N–H and O–H groups in total. The molecule has 1 nitrogen and oxygen atoms in total. The molecular formula is C14H25N. The van der Waals surface area contributed by atoms with Crippen molar-refractivity contribution in [3.8, 4) is 12.3 Å². The van der Waals surface area contributed by atoms with Crippen LogP contribution in [0.25, 0.3) is 0 Å². The van der Waals surface area contributed by atoms with Gasteiger partial charge in [-0.25, -0.2) is 0 Å². The van der Waals surface area contributed by atoms with Crippen molar-refractivity contribution in [2.75, 3.05) is 0 Å². The zero-order valence-electron chi connectivity index (χ0n) is 10.5. The van der Waals surface area contributed by atoms with Gasteiger partial charge in [0, 0.05) is 6.04 Å². The average Bonchev–Trinajstić information content (AvgIpc) is 2.15. The number of nitrogens with one attached hydrogen (secondary N) is 1. The van der Waals surface area contributed by atoms with Crippen molar-refractivity contribution in [1.29, 1.82) is 0 Å². The fourth-order valence-electron chi connectivity index (χ4n) is 2.63. The molecule has 0 heterocycles. The van der Waals surface area contributed by atoms with Crippen LogP contribution in [0.1, 0.15) is 59.3 Å². The fourth-order valence-corrected chi connectivity index (χ4v) is 2.63. The van der Waals surface area contributed by atoms with Crippen LogP contribution in [0.3, 0.4) is 0 Å². The van der Waals surface area contributed by atoms with Crippen molar-refractivity contribution in [3.63, 3.8) is 0 Å². The Morgan fingerprint density at radius 2 is 2.27 bits per heavy atom. The minimum Gasteiger partial charge on any atom is -0.301 e. The first-order valence-electron chi connectivity index (χ1n) is 6.29. The summed E-state index contributed by atoms with van der Waals surface area (Å²) in [5.74, 6) is 2.87. The van der Waals surface area contributed by atoms with E-state index in [4.69, 9.17) is 6.42 Å². The van der Waals surface area contributed by atoms with Crippen LogP contribution in [-0.2, 0) is 0 Å². The summed E-state index contributed by atoms with van der Waals surface area (Å²) in [5.41, 5.74) is 0.501. The van der Waals surface area contributed by atoms with E-state index in [1.807, 2.05) is 0 Å². The highest BCUT2D eigenvalue weighted by Crippen LogP contribution is 2.35. The predicted molar refractivity (Wildman–Crippen MR) is 66.7 cm³/mol. The molecule has 1 aliphatic rings. The summed E-state index contributed by atoms with van der Waals surface area (Å²) < 4.78 is 0. The molecule has 1 fully saturated rings. The van der Waals surface area contributed by atoms with Gasteiger partial charge in [-0.05, 0) is 31.1 Å². The minimum absolute atomic E-state index is 0.286. The summed E-state index contributed by atoms with van der Waals surface area (Å²) >= 11 is 0. The molecule has 1 rings (SSSR count). The van der Waals surface area contributed by atoms with E-state index in [0.717, 1.165) is 12.8 Å². The largest absolute Gasteiger partial charge is 0.301 e. The van der Waals surface area contributed by atoms with Crippen LogP contribution >= 0.6 is 0 Å². The summed E-state index contributed by atoms with van der Waals surface area (Å²) in [6, 6.07) is 0.926. The molecule has 0 aromatic carbocycles. The van der Waals surface area contributed by atoms with E-state index in [2.05, 4.69) is 32.0 Å². The number of terminal acetylenes is 1. The van der Waals surface area contributed by atoms with Crippen LogP contribution < -0.4 is 5.32 Å². The van der Waals surface area contributed by atoms with Gasteiger partial charge in [0.15, 0.2) is 0 Å². The lowest BCUT2D eigenvalue weighted by Crippen LogP contribution is -2.42. The molecule has 0 bridgehead atoms. The lowest BCUT2D eigenvalue weighted by molar-refractivity contribution is 0.193. The molecule has 86 valence electrons. The third-order valence-corrected chi connectivity index (χ3v) is 3.42. The van der Waals surface area contributed by atoms with Crippen LogP contribution in [0.4, 0.5) is 0 Å². The topological polar surface area (TPSA) is 12.0 Å². The molecule has 1 heteroatoms. The quantitative estimate of drug-likeness (QED) is 0.697. The number of rotatable bonds is 4. The van der Waals surface area contributed by atoms with Crippen molar-refractivity contribution in [2.24, 2.45) is 5.41 Å². The Morgan fingerprint density at radius 1 is 1.53 bits per heavy atom. The fraction of sp³-hybridized carbons (Fsp3) is 0.857. The Morgan fingerprint density at radius 3 is 2.80 bits per heavy atom. The smallest absolute Gasteiger partial charge is 0.0688 e. The molecule has 15 heavy (non-hydrogen) atoms. The van der Waals surface area contributed by atoms with Crippen molar-refractivity contribution in [3.05, 3.63) is 0 Å². The van der Waals surface area contributed by atoms with Crippen molar-refractivity contribution in [1.82, 2.24) is 5.32 Å². The second-order valence-corrected chi connectivity index (χ2v) is 5.63. The normalized spacial score (nSPS) is 26.9. The third-order valence-electron chi connectivity index (χ3n) is 3.42. The summed E-state index contributed by atoms with van der Waals surface area (Å²) in [6.45, 7) is 6.92. The Balaban J connectivity index is 2.40. The minimum atomic E-state index is 0.286. The molecule has 2 unspecified atom stereocenters. The van der Waals surface area contributed by atoms with Gasteiger partial charge >= 0.3 is 0 Å². The van der Waals surface area contributed by atoms with Gasteiger partial charge in [0.1, 0.15) is 0 Å². The summed E-state index contributed by atoms with van der Waals surface area (Å²) in [7, 11) is 0. The van der Waals surface area contributed by atoms with Gasteiger partial charge in [0.25, 0.3) is 0 Å². The lowest BCUT2D eigenvalue weighted by Gasteiger charge is -2.36. The Bertz CT molecular complexity index is 224. The molecule has 0 amide bonds. The molecule has 1 saturated carbocycles. The van der Waals surface area contributed by atoms with Gasteiger partial charge in [0.05, 0.1) is 6.04 Å². The van der Waals surface area contributed by atoms with Gasteiger partial charge in [-0.15, -0.1) is 6.42 Å². The highest BCUT2D eigenvalue weighted by atomic mass is 14.9. The zero-order chi connectivity index (χ0) is 11.3. The summed E-state index contributed by atoms with van der Waals surface area (Å²) in [6.07, 6.45) is 13.1. The zero-order valence-corrected chi connectivity index (χ0v) is 10.5. The maximum Gasteiger partial charge on any atom is 0.0688 e. The maximum absolute atomic E-state index is 5.53. The molecule has 0 aromatic heterocycles. The first kappa shape index (κ1) is 12.6. The van der Waals surface area contributed by atoms with Crippen molar-refractivity contribution in [2.45, 2.75) is 71.4 Å². The number of hydrogen-bond donors (Lipinski definition) is 1. The Hall–Kier alpha value is -0.480. The van der Waals surface area contributed by atoms with Crippen LogP contribution in [0.5, 0.6) is 0 Å². The van der Waals surface area contributed by atoms with Gasteiger partial charge < -0.3 is 5.32 Å². The Labute approximate surface area is 95.0 Å². The molecule has 0 aliphatic heterocycles. The molecule has 1 aliphatic carbocycles. The van der Waals surface area contributed by atoms with Crippen LogP contribution in [0.2, 0.25) is 0 Å². The molecule has 0 aromatic rings. The maximum atomic E-state index is 5.53. The van der Waals surface area contributed by atoms with E-state index in [1.54, 1.807) is 0 Å². The van der Waals surface area contributed by atoms with Crippen molar-refractivity contribution >= 4 is 0 Å². The van der Waals surface area contributed by atoms with E-state index < -0.39 is 0 Å². The second-order valence-electron chi connectivity index (χ2n) is 5.63. The van der Waals surface area contributed by atoms with Gasteiger partial charge in [-0.1, -0.05) is 39.5 Å². The van der Waals surface area contributed by atoms with Crippen molar-refractivity contribution < 1.29 is 0 Å². The third kappa shape index (κ3) is 4.26. The van der Waals surface area contributed by atoms with E-state index in [0.29, 0.717) is 11.5 Å². The van der Waals surface area contributed by atoms with Gasteiger partial charge in [-0.3, -0.25) is 0 Å². The van der Waals surface area contributed by atoms with E-state index >= 15 is 0 Å². The Kier molecular flexibility index (Phi) is 4.67. The molecule has 0 radical (unpaired) electrons. The van der Waals surface area contributed by atoms with Crippen LogP contribution in [-0.4, -0.2) is 12.1 Å². The average molecular weight is 207 g/mol. The standard InChI is InChI=1S/C14H25N/c1-5-8-12(6-2)15-13-9-7-10-14(3,4)11-13/h2,12-13,15H,5,7-11H2,1,3-4H3. The molecule has 0 spiro atoms. The van der Waals surface area contributed by atoms with E-state index in [1.165, 1.54) is 25.7 Å². The molecular weight excluding hydrogens is 182 g/mol. The highest BCUT2D eigenvalue weighted by Gasteiger charge is 2.28. The lowest BCUT2D eigenvalue weighted by atomic mass is 9.75. The van der Waals surface area contributed by atoms with Gasteiger partial charge in [-0.2, -0.15) is 0 Å². The van der Waals surface area contributed by atoms with E-state index in [9.17, 15) is 0 Å². The van der Waals surface area contributed by atoms with Crippen LogP contribution in [0.15, 0.2) is 0 Å². The van der Waals surface area contributed by atoms with Crippen LogP contribution in [0, 0.1) is 17.8 Å². The number of hydrogen-bond acceptors (Lipinski definition) is 1. The predicted octanol–water partition coefficient (Wildman–Crippen LogP) is 3.35. The first-order chi connectivity index (χ1) is 7.07.